The summed E-state index contributed by atoms with van der Waals surface area (Å²) in [5.41, 5.74) is 2.83. The Bertz CT molecular complexity index is 372. The second-order valence-corrected chi connectivity index (χ2v) is 5.85. The fourth-order valence-electron chi connectivity index (χ4n) is 2.97. The number of benzene rings is 1. The number of likely N-dealkylation sites (N-methyl/N-ethyl adjacent to an activating group) is 2. The van der Waals surface area contributed by atoms with Gasteiger partial charge in [-0.3, -0.25) is 4.90 Å². The summed E-state index contributed by atoms with van der Waals surface area (Å²) < 4.78 is 0. The molecule has 2 heteroatoms. The quantitative estimate of drug-likeness (QED) is 0.686. The number of hydrogen-bond acceptors (Lipinski definition) is 2. The molecule has 1 rings (SSSR count). The van der Waals surface area contributed by atoms with E-state index in [1.54, 1.807) is 0 Å². The van der Waals surface area contributed by atoms with E-state index in [2.05, 4.69) is 69.1 Å². The van der Waals surface area contributed by atoms with Gasteiger partial charge in [-0.25, -0.2) is 0 Å². The molecule has 0 saturated carbocycles. The van der Waals surface area contributed by atoms with Crippen molar-refractivity contribution in [1.29, 1.82) is 0 Å². The van der Waals surface area contributed by atoms with Crippen LogP contribution in [0.1, 0.15) is 64.6 Å². The lowest BCUT2D eigenvalue weighted by Gasteiger charge is -2.35. The summed E-state index contributed by atoms with van der Waals surface area (Å²) in [6, 6.07) is 10.1. The number of aryl methyl sites for hydroxylation is 1. The van der Waals surface area contributed by atoms with Crippen LogP contribution >= 0.6 is 0 Å². The lowest BCUT2D eigenvalue weighted by molar-refractivity contribution is 0.175. The van der Waals surface area contributed by atoms with Gasteiger partial charge in [-0.1, -0.05) is 58.4 Å². The summed E-state index contributed by atoms with van der Waals surface area (Å²) in [5, 5.41) is 3.69. The minimum absolute atomic E-state index is 0.415. The highest BCUT2D eigenvalue weighted by Crippen LogP contribution is 2.22. The van der Waals surface area contributed by atoms with Gasteiger partial charge in [-0.05, 0) is 50.5 Å². The Morgan fingerprint density at radius 2 is 1.71 bits per heavy atom. The summed E-state index contributed by atoms with van der Waals surface area (Å²) in [7, 11) is 0. The van der Waals surface area contributed by atoms with Gasteiger partial charge in [0.05, 0.1) is 0 Å². The molecule has 2 nitrogen and oxygen atoms in total. The fraction of sp³-hybridized carbons (Fsp3) is 0.684. The van der Waals surface area contributed by atoms with Crippen LogP contribution < -0.4 is 5.32 Å². The van der Waals surface area contributed by atoms with Crippen LogP contribution in [-0.4, -0.2) is 30.6 Å². The van der Waals surface area contributed by atoms with Crippen molar-refractivity contribution in [3.63, 3.8) is 0 Å². The maximum atomic E-state index is 3.69. The van der Waals surface area contributed by atoms with Gasteiger partial charge in [0.15, 0.2) is 0 Å². The van der Waals surface area contributed by atoms with Crippen LogP contribution in [0.4, 0.5) is 0 Å². The van der Waals surface area contributed by atoms with Gasteiger partial charge in [-0.2, -0.15) is 0 Å². The van der Waals surface area contributed by atoms with Gasteiger partial charge >= 0.3 is 0 Å². The van der Waals surface area contributed by atoms with Gasteiger partial charge in [-0.15, -0.1) is 0 Å². The average molecular weight is 290 g/mol. The number of hydrogen-bond donors (Lipinski definition) is 1. The predicted molar refractivity (Wildman–Crippen MR) is 93.9 cm³/mol. The van der Waals surface area contributed by atoms with Crippen molar-refractivity contribution in [2.45, 2.75) is 66.0 Å². The van der Waals surface area contributed by atoms with Crippen LogP contribution in [0, 0.1) is 0 Å². The topological polar surface area (TPSA) is 15.3 Å². The third-order valence-corrected chi connectivity index (χ3v) is 4.43. The van der Waals surface area contributed by atoms with Crippen molar-refractivity contribution in [3.05, 3.63) is 35.4 Å². The van der Waals surface area contributed by atoms with E-state index >= 15 is 0 Å². The lowest BCUT2D eigenvalue weighted by Crippen LogP contribution is -2.43. The largest absolute Gasteiger partial charge is 0.309 e. The zero-order chi connectivity index (χ0) is 15.7. The first-order valence-electron chi connectivity index (χ1n) is 8.74. The van der Waals surface area contributed by atoms with E-state index in [1.165, 1.54) is 30.5 Å². The van der Waals surface area contributed by atoms with E-state index in [4.69, 9.17) is 0 Å². The second-order valence-electron chi connectivity index (χ2n) is 5.85. The Morgan fingerprint density at radius 3 is 2.19 bits per heavy atom. The molecular weight excluding hydrogens is 256 g/mol. The van der Waals surface area contributed by atoms with Crippen molar-refractivity contribution in [2.24, 2.45) is 0 Å². The monoisotopic (exact) mass is 290 g/mol. The molecule has 0 aliphatic rings. The molecule has 0 aliphatic carbocycles. The van der Waals surface area contributed by atoms with Crippen molar-refractivity contribution in [1.82, 2.24) is 10.2 Å². The number of nitrogens with zero attached hydrogens (tertiary/aromatic N) is 1. The molecule has 0 spiro atoms. The summed E-state index contributed by atoms with van der Waals surface area (Å²) in [6.07, 6.45) is 3.66. The third kappa shape index (κ3) is 5.44. The zero-order valence-corrected chi connectivity index (χ0v) is 14.7. The molecule has 21 heavy (non-hydrogen) atoms. The Balaban J connectivity index is 2.86. The molecule has 0 saturated heterocycles. The van der Waals surface area contributed by atoms with E-state index < -0.39 is 0 Å². The van der Waals surface area contributed by atoms with Gasteiger partial charge < -0.3 is 5.32 Å². The van der Waals surface area contributed by atoms with Crippen molar-refractivity contribution in [3.8, 4) is 0 Å². The van der Waals surface area contributed by atoms with Gasteiger partial charge in [0.2, 0.25) is 0 Å². The van der Waals surface area contributed by atoms with E-state index in [9.17, 15) is 0 Å². The summed E-state index contributed by atoms with van der Waals surface area (Å²) in [4.78, 5) is 2.60. The predicted octanol–water partition coefficient (Wildman–Crippen LogP) is 4.41. The van der Waals surface area contributed by atoms with Gasteiger partial charge in [0, 0.05) is 12.1 Å². The smallest absolute Gasteiger partial charge is 0.0475 e. The molecule has 1 N–H and O–H groups in total. The SMILES string of the molecule is CCCCN(CC)C(C)C(NCC)c1ccc(CC)cc1. The second kappa shape index (κ2) is 9.97. The van der Waals surface area contributed by atoms with E-state index in [0.717, 1.165) is 19.5 Å². The molecule has 0 radical (unpaired) electrons. The van der Waals surface area contributed by atoms with E-state index in [1.807, 2.05) is 0 Å². The number of rotatable bonds is 10. The first kappa shape index (κ1) is 18.2. The van der Waals surface area contributed by atoms with Crippen LogP contribution in [-0.2, 0) is 6.42 Å². The normalized spacial score (nSPS) is 14.4. The summed E-state index contributed by atoms with van der Waals surface area (Å²) >= 11 is 0. The van der Waals surface area contributed by atoms with Crippen LogP contribution in [0.15, 0.2) is 24.3 Å². The molecule has 2 unspecified atom stereocenters. The first-order chi connectivity index (χ1) is 10.2. The zero-order valence-electron chi connectivity index (χ0n) is 14.7. The van der Waals surface area contributed by atoms with Crippen molar-refractivity contribution >= 4 is 0 Å². The first-order valence-corrected chi connectivity index (χ1v) is 8.74. The van der Waals surface area contributed by atoms with Gasteiger partial charge in [0.25, 0.3) is 0 Å². The number of nitrogens with one attached hydrogen (secondary N) is 1. The molecule has 120 valence electrons. The standard InChI is InChI=1S/C19H34N2/c1-6-10-15-21(9-4)16(5)19(20-8-3)18-13-11-17(7-2)12-14-18/h11-14,16,19-20H,6-10,15H2,1-5H3. The van der Waals surface area contributed by atoms with E-state index in [-0.39, 0.29) is 0 Å². The fourth-order valence-corrected chi connectivity index (χ4v) is 2.97. The third-order valence-electron chi connectivity index (χ3n) is 4.43. The maximum Gasteiger partial charge on any atom is 0.0475 e. The molecule has 2 atom stereocenters. The molecule has 1 aromatic carbocycles. The molecule has 0 aromatic heterocycles. The van der Waals surface area contributed by atoms with E-state index in [0.29, 0.717) is 12.1 Å². The highest BCUT2D eigenvalue weighted by Gasteiger charge is 2.23. The Kier molecular flexibility index (Phi) is 8.63. The number of unbranched alkanes of at least 4 members (excludes halogenated alkanes) is 1. The maximum absolute atomic E-state index is 3.69. The Labute approximate surface area is 131 Å². The molecule has 0 amide bonds. The van der Waals surface area contributed by atoms with Gasteiger partial charge in [0.1, 0.15) is 0 Å². The highest BCUT2D eigenvalue weighted by atomic mass is 15.2. The lowest BCUT2D eigenvalue weighted by atomic mass is 9.97. The molecule has 1 aromatic rings. The van der Waals surface area contributed by atoms with Crippen molar-refractivity contribution in [2.75, 3.05) is 19.6 Å². The average Bonchev–Trinajstić information content (AvgIpc) is 2.53. The van der Waals surface area contributed by atoms with Crippen LogP contribution in [0.2, 0.25) is 0 Å². The summed E-state index contributed by atoms with van der Waals surface area (Å²) in [5.74, 6) is 0. The minimum Gasteiger partial charge on any atom is -0.309 e. The molecule has 0 aliphatic heterocycles. The van der Waals surface area contributed by atoms with Crippen molar-refractivity contribution < 1.29 is 0 Å². The van der Waals surface area contributed by atoms with Crippen LogP contribution in [0.5, 0.6) is 0 Å². The summed E-state index contributed by atoms with van der Waals surface area (Å²) in [6.45, 7) is 14.6. The highest BCUT2D eigenvalue weighted by molar-refractivity contribution is 5.26. The Morgan fingerprint density at radius 1 is 1.05 bits per heavy atom. The minimum atomic E-state index is 0.415. The van der Waals surface area contributed by atoms with Crippen LogP contribution in [0.25, 0.3) is 0 Å². The molecule has 0 fully saturated rings. The molecule has 0 heterocycles. The Hall–Kier alpha value is -0.860. The molecule has 0 bridgehead atoms. The van der Waals surface area contributed by atoms with Crippen LogP contribution in [0.3, 0.4) is 0 Å². The molecular formula is C19H34N2.